The van der Waals surface area contributed by atoms with Gasteiger partial charge in [0.25, 0.3) is 6.43 Å². The second-order valence-electron chi connectivity index (χ2n) is 1.39. The number of hydrogen-bond donors (Lipinski definition) is 0. The van der Waals surface area contributed by atoms with Crippen LogP contribution in [-0.4, -0.2) is 10.2 Å². The summed E-state index contributed by atoms with van der Waals surface area (Å²) in [6.45, 7) is 0. The molecule has 4 heteroatoms. The second kappa shape index (κ2) is 2.48. The molecule has 0 unspecified atom stereocenters. The van der Waals surface area contributed by atoms with E-state index in [2.05, 4.69) is 16.3 Å². The average molecular weight is 129 g/mol. The fraction of sp³-hybridized carbons (Fsp3) is 0.200. The molecule has 47 valence electrons. The first-order valence-corrected chi connectivity index (χ1v) is 2.27. The summed E-state index contributed by atoms with van der Waals surface area (Å²) >= 11 is 0. The van der Waals surface area contributed by atoms with Crippen LogP contribution in [0.3, 0.4) is 0 Å². The van der Waals surface area contributed by atoms with Crippen LogP contribution in [0.2, 0.25) is 0 Å². The van der Waals surface area contributed by atoms with Gasteiger partial charge >= 0.3 is 0 Å². The summed E-state index contributed by atoms with van der Waals surface area (Å²) in [5, 5.41) is 6.53. The fourth-order valence-electron chi connectivity index (χ4n) is 0.389. The lowest BCUT2D eigenvalue weighted by Crippen LogP contribution is -1.86. The summed E-state index contributed by atoms with van der Waals surface area (Å²) in [5.74, 6) is 0. The van der Waals surface area contributed by atoms with Crippen molar-refractivity contribution in [1.82, 2.24) is 10.2 Å². The maximum atomic E-state index is 11.7. The number of nitrogens with zero attached hydrogens (tertiary/aromatic N) is 2. The lowest BCUT2D eigenvalue weighted by Gasteiger charge is -1.92. The molecular formula is C5H3F2N2. The van der Waals surface area contributed by atoms with E-state index in [1.165, 1.54) is 0 Å². The summed E-state index contributed by atoms with van der Waals surface area (Å²) in [7, 11) is 0. The monoisotopic (exact) mass is 129 g/mol. The van der Waals surface area contributed by atoms with Crippen molar-refractivity contribution < 1.29 is 8.78 Å². The largest absolute Gasteiger partial charge is 0.266 e. The SMILES string of the molecule is FC(F)c1[c]cnnc1. The Kier molecular flexibility index (Phi) is 1.67. The molecule has 1 aromatic heterocycles. The van der Waals surface area contributed by atoms with Crippen LogP contribution in [0.25, 0.3) is 0 Å². The van der Waals surface area contributed by atoms with Gasteiger partial charge in [0, 0.05) is 11.6 Å². The zero-order valence-electron chi connectivity index (χ0n) is 4.38. The van der Waals surface area contributed by atoms with E-state index >= 15 is 0 Å². The summed E-state index contributed by atoms with van der Waals surface area (Å²) in [6.07, 6.45) is -0.396. The Morgan fingerprint density at radius 2 is 2.22 bits per heavy atom. The first-order chi connectivity index (χ1) is 4.30. The average Bonchev–Trinajstić information content (AvgIpc) is 1.90. The lowest BCUT2D eigenvalue weighted by atomic mass is 10.3. The Morgan fingerprint density at radius 1 is 1.44 bits per heavy atom. The van der Waals surface area contributed by atoms with E-state index in [9.17, 15) is 8.78 Å². The van der Waals surface area contributed by atoms with E-state index in [0.717, 1.165) is 12.4 Å². The summed E-state index contributed by atoms with van der Waals surface area (Å²) < 4.78 is 23.3. The molecule has 0 bridgehead atoms. The highest BCUT2D eigenvalue weighted by molar-refractivity contribution is 5.03. The normalized spacial score (nSPS) is 10.1. The van der Waals surface area contributed by atoms with Gasteiger partial charge in [-0.2, -0.15) is 10.2 Å². The van der Waals surface area contributed by atoms with Gasteiger partial charge in [0.2, 0.25) is 0 Å². The van der Waals surface area contributed by atoms with Crippen molar-refractivity contribution in [3.63, 3.8) is 0 Å². The molecule has 1 rings (SSSR count). The van der Waals surface area contributed by atoms with Gasteiger partial charge < -0.3 is 0 Å². The van der Waals surface area contributed by atoms with Gasteiger partial charge in [0.1, 0.15) is 0 Å². The van der Waals surface area contributed by atoms with Crippen molar-refractivity contribution in [2.24, 2.45) is 0 Å². The van der Waals surface area contributed by atoms with Crippen molar-refractivity contribution in [1.29, 1.82) is 0 Å². The maximum Gasteiger partial charge on any atom is 0.266 e. The minimum absolute atomic E-state index is 0.218. The Hall–Kier alpha value is -1.06. The highest BCUT2D eigenvalue weighted by Crippen LogP contribution is 2.14. The van der Waals surface area contributed by atoms with Crippen LogP contribution in [0.1, 0.15) is 12.0 Å². The number of rotatable bonds is 1. The van der Waals surface area contributed by atoms with Gasteiger partial charge in [0.05, 0.1) is 12.4 Å². The molecule has 0 saturated carbocycles. The van der Waals surface area contributed by atoms with Gasteiger partial charge in [0.15, 0.2) is 0 Å². The quantitative estimate of drug-likeness (QED) is 0.569. The number of hydrogen-bond acceptors (Lipinski definition) is 2. The van der Waals surface area contributed by atoms with Gasteiger partial charge in [-0.15, -0.1) is 0 Å². The van der Waals surface area contributed by atoms with Crippen LogP contribution in [0.15, 0.2) is 12.4 Å². The highest BCUT2D eigenvalue weighted by Gasteiger charge is 2.04. The van der Waals surface area contributed by atoms with Crippen molar-refractivity contribution in [3.05, 3.63) is 24.0 Å². The molecule has 0 aliphatic carbocycles. The van der Waals surface area contributed by atoms with Crippen LogP contribution >= 0.6 is 0 Å². The van der Waals surface area contributed by atoms with E-state index in [-0.39, 0.29) is 5.56 Å². The van der Waals surface area contributed by atoms with E-state index in [1.54, 1.807) is 0 Å². The van der Waals surface area contributed by atoms with Crippen LogP contribution in [0.4, 0.5) is 8.78 Å². The molecule has 0 N–H and O–H groups in total. The molecule has 0 aliphatic heterocycles. The third-order valence-corrected chi connectivity index (χ3v) is 0.788. The highest BCUT2D eigenvalue weighted by atomic mass is 19.3. The van der Waals surface area contributed by atoms with Gasteiger partial charge in [-0.05, 0) is 0 Å². The standard InChI is InChI=1S/C5H3F2N2/c6-5(7)4-1-2-8-9-3-4/h2-3,5H. The van der Waals surface area contributed by atoms with E-state index in [0.29, 0.717) is 0 Å². The molecule has 0 saturated heterocycles. The van der Waals surface area contributed by atoms with Crippen LogP contribution in [-0.2, 0) is 0 Å². The molecule has 0 aliphatic rings. The van der Waals surface area contributed by atoms with Crippen molar-refractivity contribution >= 4 is 0 Å². The van der Waals surface area contributed by atoms with E-state index in [4.69, 9.17) is 0 Å². The fourth-order valence-corrected chi connectivity index (χ4v) is 0.389. The maximum absolute atomic E-state index is 11.7. The van der Waals surface area contributed by atoms with Crippen molar-refractivity contribution in [2.45, 2.75) is 6.43 Å². The van der Waals surface area contributed by atoms with Crippen LogP contribution < -0.4 is 0 Å². The summed E-state index contributed by atoms with van der Waals surface area (Å²) in [5.41, 5.74) is -0.218. The number of alkyl halides is 2. The van der Waals surface area contributed by atoms with Gasteiger partial charge in [-0.3, -0.25) is 0 Å². The molecule has 1 aromatic rings. The van der Waals surface area contributed by atoms with E-state index < -0.39 is 6.43 Å². The molecule has 0 fully saturated rings. The van der Waals surface area contributed by atoms with Crippen LogP contribution in [0.5, 0.6) is 0 Å². The first kappa shape index (κ1) is 6.07. The van der Waals surface area contributed by atoms with Crippen molar-refractivity contribution in [2.75, 3.05) is 0 Å². The van der Waals surface area contributed by atoms with Crippen LogP contribution in [0, 0.1) is 6.07 Å². The third kappa shape index (κ3) is 1.42. The molecule has 0 spiro atoms. The Balaban J connectivity index is 2.85. The van der Waals surface area contributed by atoms with Gasteiger partial charge in [-0.25, -0.2) is 8.78 Å². The van der Waals surface area contributed by atoms with Gasteiger partial charge in [-0.1, -0.05) is 0 Å². The number of aromatic nitrogens is 2. The minimum atomic E-state index is -2.50. The Morgan fingerprint density at radius 3 is 2.56 bits per heavy atom. The number of halogens is 2. The topological polar surface area (TPSA) is 25.8 Å². The molecule has 0 aromatic carbocycles. The minimum Gasteiger partial charge on any atom is -0.205 e. The Bertz CT molecular complexity index is 176. The predicted molar refractivity (Wildman–Crippen MR) is 25.8 cm³/mol. The molecule has 9 heavy (non-hydrogen) atoms. The summed E-state index contributed by atoms with van der Waals surface area (Å²) in [4.78, 5) is 0. The van der Waals surface area contributed by atoms with E-state index in [1.807, 2.05) is 0 Å². The zero-order chi connectivity index (χ0) is 6.69. The summed E-state index contributed by atoms with van der Waals surface area (Å²) in [6, 6.07) is 2.24. The Labute approximate surface area is 50.5 Å². The lowest BCUT2D eigenvalue weighted by molar-refractivity contribution is 0.150. The second-order valence-corrected chi connectivity index (χ2v) is 1.39. The molecular weight excluding hydrogens is 126 g/mol. The predicted octanol–water partition coefficient (Wildman–Crippen LogP) is 1.21. The zero-order valence-corrected chi connectivity index (χ0v) is 4.38. The third-order valence-electron chi connectivity index (χ3n) is 0.788. The molecule has 2 nitrogen and oxygen atoms in total. The van der Waals surface area contributed by atoms with Crippen molar-refractivity contribution in [3.8, 4) is 0 Å². The molecule has 0 amide bonds. The molecule has 0 atom stereocenters. The molecule has 1 radical (unpaired) electrons. The molecule has 1 heterocycles. The smallest absolute Gasteiger partial charge is 0.205 e. The first-order valence-electron chi connectivity index (χ1n) is 2.27.